The molecule has 0 atom stereocenters. The van der Waals surface area contributed by atoms with E-state index in [-0.39, 0.29) is 5.97 Å². The van der Waals surface area contributed by atoms with Crippen molar-refractivity contribution in [2.24, 2.45) is 0 Å². The van der Waals surface area contributed by atoms with Crippen molar-refractivity contribution in [3.8, 4) is 0 Å². The molecule has 0 aliphatic carbocycles. The van der Waals surface area contributed by atoms with Crippen LogP contribution in [-0.4, -0.2) is 35.4 Å². The fraction of sp³-hybridized carbons (Fsp3) is 0.474. The Morgan fingerprint density at radius 2 is 1.92 bits per heavy atom. The highest BCUT2D eigenvalue weighted by Crippen LogP contribution is 2.22. The maximum absolute atomic E-state index is 12.2. The molecule has 1 amide bonds. The zero-order valence-electron chi connectivity index (χ0n) is 15.5. The number of rotatable bonds is 5. The molecular weight excluding hydrogens is 320 g/mol. The van der Waals surface area contributed by atoms with Crippen LogP contribution in [0.3, 0.4) is 0 Å². The van der Waals surface area contributed by atoms with Crippen LogP contribution in [0.15, 0.2) is 24.3 Å². The van der Waals surface area contributed by atoms with Crippen LogP contribution in [0.4, 0.5) is 4.79 Å². The molecule has 0 radical (unpaired) electrons. The predicted octanol–water partition coefficient (Wildman–Crippen LogP) is 3.65. The van der Waals surface area contributed by atoms with E-state index < -0.39 is 11.7 Å². The average molecular weight is 346 g/mol. The highest BCUT2D eigenvalue weighted by atomic mass is 16.6. The molecule has 0 fully saturated rings. The van der Waals surface area contributed by atoms with Gasteiger partial charge in [0.15, 0.2) is 0 Å². The van der Waals surface area contributed by atoms with Gasteiger partial charge in [-0.3, -0.25) is 0 Å². The molecule has 1 N–H and O–H groups in total. The van der Waals surface area contributed by atoms with Crippen LogP contribution in [0.25, 0.3) is 10.9 Å². The lowest BCUT2D eigenvalue weighted by Gasteiger charge is -2.20. The van der Waals surface area contributed by atoms with Gasteiger partial charge in [0.1, 0.15) is 11.3 Å². The first kappa shape index (κ1) is 18.8. The van der Waals surface area contributed by atoms with E-state index in [1.54, 1.807) is 6.92 Å². The second kappa shape index (κ2) is 7.59. The summed E-state index contributed by atoms with van der Waals surface area (Å²) in [5.74, 6) is -0.367. The first-order valence-corrected chi connectivity index (χ1v) is 8.45. The van der Waals surface area contributed by atoms with Crippen molar-refractivity contribution < 1.29 is 19.1 Å². The zero-order chi connectivity index (χ0) is 18.6. The molecule has 6 heteroatoms. The lowest BCUT2D eigenvalue weighted by Crippen LogP contribution is -2.34. The third kappa shape index (κ3) is 4.98. The number of ether oxygens (including phenoxy) is 2. The fourth-order valence-electron chi connectivity index (χ4n) is 2.59. The van der Waals surface area contributed by atoms with Gasteiger partial charge in [0.2, 0.25) is 0 Å². The Kier molecular flexibility index (Phi) is 5.72. The minimum absolute atomic E-state index is 0.315. The number of esters is 1. The lowest BCUT2D eigenvalue weighted by atomic mass is 10.2. The molecule has 0 bridgehead atoms. The van der Waals surface area contributed by atoms with Gasteiger partial charge in [-0.1, -0.05) is 11.6 Å². The van der Waals surface area contributed by atoms with E-state index in [0.29, 0.717) is 25.4 Å². The normalized spacial score (nSPS) is 11.4. The average Bonchev–Trinajstić information content (AvgIpc) is 2.83. The molecule has 1 aromatic heterocycles. The van der Waals surface area contributed by atoms with E-state index in [1.807, 2.05) is 56.5 Å². The number of benzene rings is 1. The van der Waals surface area contributed by atoms with Crippen molar-refractivity contribution in [3.63, 3.8) is 0 Å². The van der Waals surface area contributed by atoms with Crippen LogP contribution in [0.2, 0.25) is 0 Å². The number of amides is 1. The first-order chi connectivity index (χ1) is 11.7. The van der Waals surface area contributed by atoms with E-state index in [0.717, 1.165) is 16.5 Å². The van der Waals surface area contributed by atoms with E-state index in [9.17, 15) is 9.59 Å². The van der Waals surface area contributed by atoms with Crippen LogP contribution >= 0.6 is 0 Å². The topological polar surface area (TPSA) is 69.6 Å². The van der Waals surface area contributed by atoms with Gasteiger partial charge < -0.3 is 19.4 Å². The van der Waals surface area contributed by atoms with Crippen molar-refractivity contribution in [2.75, 3.05) is 13.2 Å². The standard InChI is InChI=1S/C19H26N2O4/c1-6-24-17(22)16-12-14-11-13(2)7-8-15(14)21(16)10-9-20-18(23)25-19(3,4)5/h7-8,11-12H,6,9-10H2,1-5H3,(H,20,23). The van der Waals surface area contributed by atoms with Gasteiger partial charge in [-0.2, -0.15) is 0 Å². The summed E-state index contributed by atoms with van der Waals surface area (Å²) in [6, 6.07) is 7.82. The van der Waals surface area contributed by atoms with Crippen LogP contribution in [0.5, 0.6) is 0 Å². The molecule has 25 heavy (non-hydrogen) atoms. The van der Waals surface area contributed by atoms with Gasteiger partial charge in [-0.05, 0) is 52.8 Å². The summed E-state index contributed by atoms with van der Waals surface area (Å²) in [6.45, 7) is 10.3. The van der Waals surface area contributed by atoms with E-state index >= 15 is 0 Å². The second-order valence-corrected chi connectivity index (χ2v) is 6.89. The third-order valence-electron chi connectivity index (χ3n) is 3.55. The van der Waals surface area contributed by atoms with Crippen molar-refractivity contribution in [1.82, 2.24) is 9.88 Å². The number of aryl methyl sites for hydroxylation is 1. The smallest absolute Gasteiger partial charge is 0.407 e. The Morgan fingerprint density at radius 3 is 2.56 bits per heavy atom. The molecule has 2 aromatic rings. The van der Waals surface area contributed by atoms with E-state index in [2.05, 4.69) is 5.32 Å². The van der Waals surface area contributed by atoms with Gasteiger partial charge in [0.25, 0.3) is 0 Å². The summed E-state index contributed by atoms with van der Waals surface area (Å²) >= 11 is 0. The van der Waals surface area contributed by atoms with Crippen LogP contribution in [0.1, 0.15) is 43.7 Å². The number of carbonyl (C=O) groups excluding carboxylic acids is 2. The summed E-state index contributed by atoms with van der Waals surface area (Å²) in [7, 11) is 0. The van der Waals surface area contributed by atoms with Gasteiger partial charge in [-0.25, -0.2) is 9.59 Å². The maximum atomic E-state index is 12.2. The van der Waals surface area contributed by atoms with E-state index in [4.69, 9.17) is 9.47 Å². The van der Waals surface area contributed by atoms with Crippen LogP contribution in [0, 0.1) is 6.92 Å². The van der Waals surface area contributed by atoms with E-state index in [1.165, 1.54) is 0 Å². The second-order valence-electron chi connectivity index (χ2n) is 6.89. The molecule has 2 rings (SSSR count). The minimum atomic E-state index is -0.544. The molecule has 6 nitrogen and oxygen atoms in total. The van der Waals surface area contributed by atoms with Crippen molar-refractivity contribution >= 4 is 23.0 Å². The molecular formula is C19H26N2O4. The maximum Gasteiger partial charge on any atom is 0.407 e. The quantitative estimate of drug-likeness (QED) is 0.839. The number of hydrogen-bond acceptors (Lipinski definition) is 4. The number of hydrogen-bond donors (Lipinski definition) is 1. The highest BCUT2D eigenvalue weighted by Gasteiger charge is 2.18. The SMILES string of the molecule is CCOC(=O)c1cc2cc(C)ccc2n1CCNC(=O)OC(C)(C)C. The third-order valence-corrected chi connectivity index (χ3v) is 3.55. The van der Waals surface area contributed by atoms with Gasteiger partial charge in [0.05, 0.1) is 6.61 Å². The Morgan fingerprint density at radius 1 is 1.20 bits per heavy atom. The monoisotopic (exact) mass is 346 g/mol. The molecule has 1 heterocycles. The number of carbonyl (C=O) groups is 2. The molecule has 0 saturated carbocycles. The lowest BCUT2D eigenvalue weighted by molar-refractivity contribution is 0.0514. The molecule has 0 saturated heterocycles. The Bertz CT molecular complexity index is 772. The Hall–Kier alpha value is -2.50. The highest BCUT2D eigenvalue weighted by molar-refractivity contribution is 5.95. The van der Waals surface area contributed by atoms with Gasteiger partial charge in [0, 0.05) is 24.0 Å². The minimum Gasteiger partial charge on any atom is -0.461 e. The fourth-order valence-corrected chi connectivity index (χ4v) is 2.59. The molecule has 0 unspecified atom stereocenters. The number of nitrogens with zero attached hydrogens (tertiary/aromatic N) is 1. The summed E-state index contributed by atoms with van der Waals surface area (Å²) < 4.78 is 12.2. The number of alkyl carbamates (subject to hydrolysis) is 1. The molecule has 136 valence electrons. The molecule has 0 aliphatic rings. The summed E-state index contributed by atoms with van der Waals surface area (Å²) in [5, 5.41) is 3.69. The largest absolute Gasteiger partial charge is 0.461 e. The summed E-state index contributed by atoms with van der Waals surface area (Å²) in [6.07, 6.45) is -0.475. The van der Waals surface area contributed by atoms with Gasteiger partial charge >= 0.3 is 12.1 Å². The van der Waals surface area contributed by atoms with Crippen LogP contribution in [-0.2, 0) is 16.0 Å². The van der Waals surface area contributed by atoms with Crippen molar-refractivity contribution in [3.05, 3.63) is 35.5 Å². The molecule has 0 spiro atoms. The molecule has 0 aliphatic heterocycles. The summed E-state index contributed by atoms with van der Waals surface area (Å²) in [5.41, 5.74) is 1.98. The van der Waals surface area contributed by atoms with Gasteiger partial charge in [-0.15, -0.1) is 0 Å². The molecule has 1 aromatic carbocycles. The number of nitrogens with one attached hydrogen (secondary N) is 1. The number of aromatic nitrogens is 1. The summed E-state index contributed by atoms with van der Waals surface area (Å²) in [4.78, 5) is 24.0. The van der Waals surface area contributed by atoms with Crippen molar-refractivity contribution in [1.29, 1.82) is 0 Å². The Labute approximate surface area is 148 Å². The number of fused-ring (bicyclic) bond motifs is 1. The predicted molar refractivity (Wildman–Crippen MR) is 96.9 cm³/mol. The first-order valence-electron chi connectivity index (χ1n) is 8.45. The zero-order valence-corrected chi connectivity index (χ0v) is 15.5. The van der Waals surface area contributed by atoms with Crippen molar-refractivity contribution in [2.45, 2.75) is 46.8 Å². The van der Waals surface area contributed by atoms with Crippen LogP contribution < -0.4 is 5.32 Å². The Balaban J connectivity index is 2.19.